The van der Waals surface area contributed by atoms with Gasteiger partial charge >= 0.3 is 5.97 Å². The van der Waals surface area contributed by atoms with E-state index in [1.807, 2.05) is 0 Å². The number of rotatable bonds is 10. The number of carboxylic acid groups (broad SMARTS) is 1. The highest BCUT2D eigenvalue weighted by molar-refractivity contribution is 7.88. The average Bonchev–Trinajstić information content (AvgIpc) is 3.05. The highest BCUT2D eigenvalue weighted by Crippen LogP contribution is 2.31. The first-order valence-corrected chi connectivity index (χ1v) is 10.6. The zero-order valence-electron chi connectivity index (χ0n) is 14.5. The lowest BCUT2D eigenvalue weighted by molar-refractivity contribution is 0.0660. The van der Waals surface area contributed by atoms with Gasteiger partial charge in [0.2, 0.25) is 15.8 Å². The maximum atomic E-state index is 12.0. The largest absolute Gasteiger partial charge is 0.491 e. The first kappa shape index (κ1) is 21.6. The molecule has 10 heteroatoms. The Balaban J connectivity index is 1.87. The molecule has 1 heterocycles. The van der Waals surface area contributed by atoms with E-state index in [1.54, 1.807) is 24.3 Å². The van der Waals surface area contributed by atoms with Crippen LogP contribution in [0.4, 0.5) is 0 Å². The lowest BCUT2D eigenvalue weighted by Crippen LogP contribution is -2.34. The van der Waals surface area contributed by atoms with Gasteiger partial charge in [0.1, 0.15) is 23.1 Å². The number of nitrogens with zero attached hydrogens (tertiary/aromatic N) is 1. The first-order chi connectivity index (χ1) is 12.7. The normalized spacial score (nSPS) is 11.7. The summed E-state index contributed by atoms with van der Waals surface area (Å²) >= 11 is 11.9. The van der Waals surface area contributed by atoms with E-state index in [0.717, 1.165) is 6.26 Å². The molecule has 0 aliphatic rings. The summed E-state index contributed by atoms with van der Waals surface area (Å²) in [5, 5.41) is 9.46. The molecule has 0 fully saturated rings. The monoisotopic (exact) mass is 435 g/mol. The van der Waals surface area contributed by atoms with Crippen LogP contribution in [0.5, 0.6) is 5.75 Å². The number of halogens is 2. The second-order valence-electron chi connectivity index (χ2n) is 5.74. The van der Waals surface area contributed by atoms with Crippen LogP contribution in [-0.4, -0.2) is 49.8 Å². The van der Waals surface area contributed by atoms with Crippen LogP contribution in [0.25, 0.3) is 0 Å². The number of sulfonamides is 1. The molecule has 27 heavy (non-hydrogen) atoms. The predicted molar refractivity (Wildman–Crippen MR) is 102 cm³/mol. The van der Waals surface area contributed by atoms with Crippen LogP contribution in [0.1, 0.15) is 22.7 Å². The summed E-state index contributed by atoms with van der Waals surface area (Å²) in [5.74, 6) is -0.412. The molecule has 0 radical (unpaired) electrons. The highest BCUT2D eigenvalue weighted by Gasteiger charge is 2.17. The number of hydrogen-bond acceptors (Lipinski definition) is 5. The molecular weight excluding hydrogens is 417 g/mol. The van der Waals surface area contributed by atoms with Crippen LogP contribution in [-0.2, 0) is 16.4 Å². The van der Waals surface area contributed by atoms with Crippen LogP contribution in [0, 0.1) is 0 Å². The number of carboxylic acids is 1. The van der Waals surface area contributed by atoms with Gasteiger partial charge in [0.05, 0.1) is 11.3 Å². The highest BCUT2D eigenvalue weighted by atomic mass is 35.5. The number of hydrogen-bond donors (Lipinski definition) is 1. The Bertz CT molecular complexity index is 897. The number of benzene rings is 1. The standard InChI is InChI=1S/C17H19Cl2NO6S/c1-27(23,24)20(9-3-4-12-7-8-15(26-12)17(21)22)10-11-25-14-6-2-5-13(18)16(14)19/h2,5-8H,3-4,9-11H2,1H3,(H,21,22). The Hall–Kier alpha value is -1.74. The van der Waals surface area contributed by atoms with E-state index in [2.05, 4.69) is 0 Å². The lowest BCUT2D eigenvalue weighted by atomic mass is 10.2. The molecule has 0 saturated heterocycles. The Morgan fingerprint density at radius 2 is 1.96 bits per heavy atom. The minimum atomic E-state index is -3.43. The van der Waals surface area contributed by atoms with Crippen LogP contribution < -0.4 is 4.74 Å². The zero-order chi connectivity index (χ0) is 20.0. The summed E-state index contributed by atoms with van der Waals surface area (Å²) in [5.41, 5.74) is 0. The molecule has 2 aromatic rings. The maximum Gasteiger partial charge on any atom is 0.371 e. The van der Waals surface area contributed by atoms with Gasteiger partial charge in [-0.15, -0.1) is 0 Å². The molecule has 0 spiro atoms. The fourth-order valence-corrected chi connectivity index (χ4v) is 3.57. The van der Waals surface area contributed by atoms with Crippen molar-refractivity contribution in [2.45, 2.75) is 12.8 Å². The van der Waals surface area contributed by atoms with Crippen molar-refractivity contribution >= 4 is 39.2 Å². The topological polar surface area (TPSA) is 97.1 Å². The van der Waals surface area contributed by atoms with E-state index in [9.17, 15) is 13.2 Å². The molecule has 1 N–H and O–H groups in total. The fourth-order valence-electron chi connectivity index (χ4n) is 2.35. The number of ether oxygens (including phenoxy) is 1. The second-order valence-corrected chi connectivity index (χ2v) is 8.50. The summed E-state index contributed by atoms with van der Waals surface area (Å²) in [6, 6.07) is 7.90. The molecule has 0 aliphatic carbocycles. The Morgan fingerprint density at radius 1 is 1.22 bits per heavy atom. The van der Waals surface area contributed by atoms with Crippen molar-refractivity contribution in [2.75, 3.05) is 26.0 Å². The Morgan fingerprint density at radius 3 is 2.59 bits per heavy atom. The third-order valence-electron chi connectivity index (χ3n) is 3.69. The van der Waals surface area contributed by atoms with Crippen molar-refractivity contribution in [1.82, 2.24) is 4.31 Å². The predicted octanol–water partition coefficient (Wildman–Crippen LogP) is 3.56. The number of furan rings is 1. The minimum absolute atomic E-state index is 0.108. The van der Waals surface area contributed by atoms with Gasteiger partial charge in [-0.05, 0) is 30.7 Å². The minimum Gasteiger partial charge on any atom is -0.491 e. The number of carbonyl (C=O) groups is 1. The molecular formula is C17H19Cl2NO6S. The quantitative estimate of drug-likeness (QED) is 0.612. The zero-order valence-corrected chi connectivity index (χ0v) is 16.9. The van der Waals surface area contributed by atoms with Gasteiger partial charge in [-0.25, -0.2) is 13.2 Å². The van der Waals surface area contributed by atoms with Crippen LogP contribution in [0.15, 0.2) is 34.7 Å². The summed E-state index contributed by atoms with van der Waals surface area (Å²) < 4.78 is 35.9. The van der Waals surface area contributed by atoms with Crippen LogP contribution >= 0.6 is 23.2 Å². The van der Waals surface area contributed by atoms with Crippen molar-refractivity contribution in [3.05, 3.63) is 51.9 Å². The van der Waals surface area contributed by atoms with Crippen molar-refractivity contribution < 1.29 is 27.5 Å². The SMILES string of the molecule is CS(=O)(=O)N(CCCc1ccc(C(=O)O)o1)CCOc1cccc(Cl)c1Cl. The molecule has 148 valence electrons. The molecule has 1 aromatic heterocycles. The van der Waals surface area contributed by atoms with Crippen LogP contribution in [0.3, 0.4) is 0 Å². The van der Waals surface area contributed by atoms with Gasteiger partial charge in [-0.1, -0.05) is 29.3 Å². The van der Waals surface area contributed by atoms with E-state index in [0.29, 0.717) is 29.4 Å². The van der Waals surface area contributed by atoms with E-state index in [-0.39, 0.29) is 30.5 Å². The molecule has 0 atom stereocenters. The number of aryl methyl sites for hydroxylation is 1. The van der Waals surface area contributed by atoms with Crippen LogP contribution in [0.2, 0.25) is 10.0 Å². The van der Waals surface area contributed by atoms with E-state index >= 15 is 0 Å². The van der Waals surface area contributed by atoms with E-state index < -0.39 is 16.0 Å². The van der Waals surface area contributed by atoms with Crippen molar-refractivity contribution in [3.63, 3.8) is 0 Å². The van der Waals surface area contributed by atoms with Crippen molar-refractivity contribution in [3.8, 4) is 5.75 Å². The number of aromatic carboxylic acids is 1. The van der Waals surface area contributed by atoms with Gasteiger partial charge in [0.25, 0.3) is 0 Å². The third-order valence-corrected chi connectivity index (χ3v) is 5.79. The smallest absolute Gasteiger partial charge is 0.371 e. The summed E-state index contributed by atoms with van der Waals surface area (Å²) in [6.45, 7) is 0.492. The Kier molecular flexibility index (Phi) is 7.55. The molecule has 7 nitrogen and oxygen atoms in total. The maximum absolute atomic E-state index is 12.0. The molecule has 0 saturated carbocycles. The van der Waals surface area contributed by atoms with Gasteiger partial charge in [-0.2, -0.15) is 4.31 Å². The molecule has 0 unspecified atom stereocenters. The molecule has 0 bridgehead atoms. The summed E-state index contributed by atoms with van der Waals surface area (Å²) in [7, 11) is -3.43. The molecule has 1 aromatic carbocycles. The van der Waals surface area contributed by atoms with E-state index in [4.69, 9.17) is 37.5 Å². The lowest BCUT2D eigenvalue weighted by Gasteiger charge is -2.20. The van der Waals surface area contributed by atoms with E-state index in [1.165, 1.54) is 10.4 Å². The second kappa shape index (κ2) is 9.45. The van der Waals surface area contributed by atoms with Crippen molar-refractivity contribution in [1.29, 1.82) is 0 Å². The fraction of sp³-hybridized carbons (Fsp3) is 0.353. The summed E-state index contributed by atoms with van der Waals surface area (Å²) in [4.78, 5) is 10.8. The molecule has 0 aliphatic heterocycles. The van der Waals surface area contributed by atoms with Gasteiger partial charge in [0.15, 0.2) is 0 Å². The van der Waals surface area contributed by atoms with Gasteiger partial charge in [-0.3, -0.25) is 0 Å². The third kappa shape index (κ3) is 6.42. The van der Waals surface area contributed by atoms with Gasteiger partial charge < -0.3 is 14.3 Å². The molecule has 0 amide bonds. The summed E-state index contributed by atoms with van der Waals surface area (Å²) in [6.07, 6.45) is 2.01. The average molecular weight is 436 g/mol. The van der Waals surface area contributed by atoms with Crippen molar-refractivity contribution in [2.24, 2.45) is 0 Å². The van der Waals surface area contributed by atoms with Gasteiger partial charge in [0, 0.05) is 19.5 Å². The molecule has 2 rings (SSSR count). The first-order valence-electron chi connectivity index (χ1n) is 8.02. The Labute approximate surface area is 167 Å².